The lowest BCUT2D eigenvalue weighted by atomic mass is 9.78. The molecule has 2 aromatic rings. The zero-order chi connectivity index (χ0) is 17.0. The Morgan fingerprint density at radius 3 is 2.21 bits per heavy atom. The molecule has 0 saturated heterocycles. The monoisotopic (exact) mass is 320 g/mol. The fourth-order valence-electron chi connectivity index (χ4n) is 3.38. The molecule has 0 nitrogen and oxygen atoms in total. The third-order valence-corrected chi connectivity index (χ3v) is 4.85. The summed E-state index contributed by atoms with van der Waals surface area (Å²) < 4.78 is 16.0. The fraction of sp³-hybridized carbons (Fsp3) is 0.304. The molecule has 0 amide bonds. The Morgan fingerprint density at radius 1 is 0.917 bits per heavy atom. The van der Waals surface area contributed by atoms with Gasteiger partial charge in [0.1, 0.15) is 0 Å². The van der Waals surface area contributed by atoms with Gasteiger partial charge in [0, 0.05) is 12.0 Å². The molecule has 3 rings (SSSR count). The van der Waals surface area contributed by atoms with Gasteiger partial charge in [-0.1, -0.05) is 87.0 Å². The third kappa shape index (κ3) is 3.21. The minimum absolute atomic E-state index is 0.390. The van der Waals surface area contributed by atoms with Gasteiger partial charge in [-0.05, 0) is 35.1 Å². The van der Waals surface area contributed by atoms with Crippen molar-refractivity contribution < 1.29 is 4.39 Å². The largest absolute Gasteiger partial charge is 0.233 e. The van der Waals surface area contributed by atoms with Crippen LogP contribution in [0.3, 0.4) is 0 Å². The number of hydrogen-bond acceptors (Lipinski definition) is 0. The van der Waals surface area contributed by atoms with Gasteiger partial charge in [0.25, 0.3) is 0 Å². The Labute approximate surface area is 144 Å². The molecule has 1 aliphatic rings. The molecule has 0 N–H and O–H groups in total. The maximum Gasteiger partial charge on any atom is 0.165 e. The Kier molecular flexibility index (Phi) is 4.99. The molecular formula is C23H25F. The number of allylic oxidation sites excluding steroid dienone is 4. The normalized spacial score (nSPS) is 20.0. The molecule has 1 atom stereocenters. The topological polar surface area (TPSA) is 0 Å². The summed E-state index contributed by atoms with van der Waals surface area (Å²) in [6.45, 7) is 4.29. The lowest BCUT2D eigenvalue weighted by Crippen LogP contribution is -2.23. The average molecular weight is 320 g/mol. The van der Waals surface area contributed by atoms with Crippen LogP contribution in [0.15, 0.2) is 66.8 Å². The van der Waals surface area contributed by atoms with Gasteiger partial charge in [-0.2, -0.15) is 0 Å². The van der Waals surface area contributed by atoms with E-state index in [9.17, 15) is 0 Å². The highest BCUT2D eigenvalue weighted by Gasteiger charge is 2.37. The van der Waals surface area contributed by atoms with Crippen LogP contribution in [0, 0.1) is 0 Å². The molecular weight excluding hydrogens is 295 g/mol. The van der Waals surface area contributed by atoms with E-state index >= 15 is 4.39 Å². The summed E-state index contributed by atoms with van der Waals surface area (Å²) in [5.74, 6) is 0. The quantitative estimate of drug-likeness (QED) is 0.597. The first-order valence-corrected chi connectivity index (χ1v) is 8.92. The van der Waals surface area contributed by atoms with Crippen molar-refractivity contribution in [3.63, 3.8) is 0 Å². The van der Waals surface area contributed by atoms with Crippen LogP contribution in [-0.2, 0) is 18.5 Å². The molecule has 0 bridgehead atoms. The summed E-state index contributed by atoms with van der Waals surface area (Å²) in [4.78, 5) is 0. The highest BCUT2D eigenvalue weighted by Crippen LogP contribution is 2.45. The van der Waals surface area contributed by atoms with Crippen molar-refractivity contribution in [2.24, 2.45) is 0 Å². The molecule has 24 heavy (non-hydrogen) atoms. The predicted molar refractivity (Wildman–Crippen MR) is 101 cm³/mol. The number of hydrogen-bond donors (Lipinski definition) is 0. The summed E-state index contributed by atoms with van der Waals surface area (Å²) in [7, 11) is 0. The van der Waals surface area contributed by atoms with Crippen molar-refractivity contribution in [2.75, 3.05) is 0 Å². The van der Waals surface area contributed by atoms with Gasteiger partial charge in [0.05, 0.1) is 0 Å². The van der Waals surface area contributed by atoms with Gasteiger partial charge in [-0.3, -0.25) is 0 Å². The SMILES string of the molecule is CCCc1ccc(C2=CC=CCC2(F)c2ccc(CC)cc2)cc1. The second-order valence-electron chi connectivity index (χ2n) is 6.51. The van der Waals surface area contributed by atoms with Crippen LogP contribution in [-0.4, -0.2) is 0 Å². The Hall–Kier alpha value is -2.15. The van der Waals surface area contributed by atoms with E-state index in [1.54, 1.807) is 0 Å². The van der Waals surface area contributed by atoms with Crippen LogP contribution in [0.4, 0.5) is 4.39 Å². The van der Waals surface area contributed by atoms with E-state index in [0.717, 1.165) is 36.0 Å². The van der Waals surface area contributed by atoms with E-state index in [1.807, 2.05) is 42.5 Å². The number of alkyl halides is 1. The smallest absolute Gasteiger partial charge is 0.165 e. The van der Waals surface area contributed by atoms with Crippen molar-refractivity contribution in [1.29, 1.82) is 0 Å². The van der Waals surface area contributed by atoms with Gasteiger partial charge in [0.15, 0.2) is 5.67 Å². The van der Waals surface area contributed by atoms with Crippen molar-refractivity contribution in [1.82, 2.24) is 0 Å². The summed E-state index contributed by atoms with van der Waals surface area (Å²) in [5.41, 5.74) is 3.58. The molecule has 1 unspecified atom stereocenters. The van der Waals surface area contributed by atoms with Gasteiger partial charge in [0.2, 0.25) is 0 Å². The molecule has 1 aliphatic carbocycles. The Morgan fingerprint density at radius 2 is 1.58 bits per heavy atom. The standard InChI is InChI=1S/C23H25F/c1-3-7-19-9-13-20(14-10-19)22-8-5-6-17-23(22,24)21-15-11-18(4-2)12-16-21/h5-6,8-16H,3-4,7,17H2,1-2H3. The van der Waals surface area contributed by atoms with Crippen molar-refractivity contribution in [3.05, 3.63) is 89.0 Å². The van der Waals surface area contributed by atoms with E-state index in [-0.39, 0.29) is 0 Å². The maximum atomic E-state index is 16.0. The first kappa shape index (κ1) is 16.7. The number of benzene rings is 2. The van der Waals surface area contributed by atoms with E-state index in [4.69, 9.17) is 0 Å². The third-order valence-electron chi connectivity index (χ3n) is 4.85. The maximum absolute atomic E-state index is 16.0. The average Bonchev–Trinajstić information content (AvgIpc) is 2.63. The van der Waals surface area contributed by atoms with Gasteiger partial charge in [-0.25, -0.2) is 4.39 Å². The van der Waals surface area contributed by atoms with E-state index < -0.39 is 5.67 Å². The lowest BCUT2D eigenvalue weighted by molar-refractivity contribution is 0.249. The van der Waals surface area contributed by atoms with Crippen molar-refractivity contribution in [2.45, 2.75) is 45.2 Å². The van der Waals surface area contributed by atoms with Gasteiger partial charge < -0.3 is 0 Å². The molecule has 2 aromatic carbocycles. The first-order valence-electron chi connectivity index (χ1n) is 8.92. The number of halogens is 1. The minimum atomic E-state index is -1.45. The number of rotatable bonds is 5. The van der Waals surface area contributed by atoms with Crippen LogP contribution in [0.1, 0.15) is 48.9 Å². The predicted octanol–water partition coefficient (Wildman–Crippen LogP) is 6.41. The molecule has 0 aromatic heterocycles. The summed E-state index contributed by atoms with van der Waals surface area (Å²) in [6.07, 6.45) is 9.37. The zero-order valence-corrected chi connectivity index (χ0v) is 14.6. The molecule has 0 saturated carbocycles. The van der Waals surface area contributed by atoms with Gasteiger partial charge in [-0.15, -0.1) is 0 Å². The molecule has 124 valence electrons. The van der Waals surface area contributed by atoms with Gasteiger partial charge >= 0.3 is 0 Å². The van der Waals surface area contributed by atoms with Crippen LogP contribution in [0.5, 0.6) is 0 Å². The molecule has 0 aliphatic heterocycles. The second-order valence-corrected chi connectivity index (χ2v) is 6.51. The highest BCUT2D eigenvalue weighted by atomic mass is 19.1. The minimum Gasteiger partial charge on any atom is -0.233 e. The molecule has 0 spiro atoms. The fourth-order valence-corrected chi connectivity index (χ4v) is 3.38. The van der Waals surface area contributed by atoms with Crippen LogP contribution >= 0.6 is 0 Å². The van der Waals surface area contributed by atoms with Crippen LogP contribution < -0.4 is 0 Å². The van der Waals surface area contributed by atoms with Crippen molar-refractivity contribution in [3.8, 4) is 0 Å². The Balaban J connectivity index is 1.97. The second kappa shape index (κ2) is 7.17. The summed E-state index contributed by atoms with van der Waals surface area (Å²) in [5, 5.41) is 0. The molecule has 1 heteroatoms. The van der Waals surface area contributed by atoms with E-state index in [0.29, 0.717) is 6.42 Å². The highest BCUT2D eigenvalue weighted by molar-refractivity contribution is 5.76. The van der Waals surface area contributed by atoms with Crippen LogP contribution in [0.2, 0.25) is 0 Å². The molecule has 0 fully saturated rings. The first-order chi connectivity index (χ1) is 11.7. The van der Waals surface area contributed by atoms with Crippen molar-refractivity contribution >= 4 is 5.57 Å². The van der Waals surface area contributed by atoms with Crippen LogP contribution in [0.25, 0.3) is 5.57 Å². The molecule has 0 heterocycles. The number of aryl methyl sites for hydroxylation is 2. The zero-order valence-electron chi connectivity index (χ0n) is 14.6. The Bertz CT molecular complexity index is 735. The lowest BCUT2D eigenvalue weighted by Gasteiger charge is -2.30. The molecule has 0 radical (unpaired) electrons. The van der Waals surface area contributed by atoms with E-state index in [1.165, 1.54) is 11.1 Å². The van der Waals surface area contributed by atoms with E-state index in [2.05, 4.69) is 38.1 Å². The summed E-state index contributed by atoms with van der Waals surface area (Å²) in [6, 6.07) is 16.3. The summed E-state index contributed by atoms with van der Waals surface area (Å²) >= 11 is 0.